The average Bonchev–Trinajstić information content (AvgIpc) is 2.35. The van der Waals surface area contributed by atoms with Crippen LogP contribution in [0.4, 0.5) is 8.78 Å². The first-order chi connectivity index (χ1) is 8.67. The van der Waals surface area contributed by atoms with Crippen molar-refractivity contribution in [2.24, 2.45) is 0 Å². The van der Waals surface area contributed by atoms with E-state index in [-0.39, 0.29) is 0 Å². The van der Waals surface area contributed by atoms with Gasteiger partial charge in [0, 0.05) is 24.2 Å². The molecule has 1 rings (SSSR count). The normalized spacial score (nSPS) is 12.7. The highest BCUT2D eigenvalue weighted by molar-refractivity contribution is 5.18. The van der Waals surface area contributed by atoms with Crippen LogP contribution in [0.1, 0.15) is 51.5 Å². The number of unbranched alkanes of at least 4 members (excludes halogenated alkanes) is 2. The molecule has 1 nitrogen and oxygen atoms in total. The minimum absolute atomic E-state index is 0.418. The van der Waals surface area contributed by atoms with Crippen molar-refractivity contribution >= 4 is 0 Å². The highest BCUT2D eigenvalue weighted by Crippen LogP contribution is 2.11. The zero-order chi connectivity index (χ0) is 13.4. The summed E-state index contributed by atoms with van der Waals surface area (Å²) >= 11 is 0. The van der Waals surface area contributed by atoms with E-state index >= 15 is 0 Å². The first-order valence-electron chi connectivity index (χ1n) is 6.84. The maximum absolute atomic E-state index is 13.4. The monoisotopic (exact) mass is 255 g/mol. The summed E-state index contributed by atoms with van der Waals surface area (Å²) in [5, 5.41) is 3.34. The Balaban J connectivity index is 2.41. The molecule has 18 heavy (non-hydrogen) atoms. The predicted octanol–water partition coefficient (Wildman–Crippen LogP) is 4.41. The third kappa shape index (κ3) is 5.13. The van der Waals surface area contributed by atoms with E-state index in [0.29, 0.717) is 18.2 Å². The van der Waals surface area contributed by atoms with Gasteiger partial charge in [-0.2, -0.15) is 0 Å². The second-order valence-corrected chi connectivity index (χ2v) is 4.72. The molecule has 0 bridgehead atoms. The van der Waals surface area contributed by atoms with Gasteiger partial charge in [-0.1, -0.05) is 39.2 Å². The number of hydrogen-bond donors (Lipinski definition) is 1. The van der Waals surface area contributed by atoms with Crippen LogP contribution in [0.3, 0.4) is 0 Å². The number of halogens is 2. The maximum Gasteiger partial charge on any atom is 0.130 e. The molecule has 3 heteroatoms. The summed E-state index contributed by atoms with van der Waals surface area (Å²) in [7, 11) is 0. The molecular formula is C15H23F2N. The Morgan fingerprint density at radius 2 is 1.94 bits per heavy atom. The molecule has 0 saturated carbocycles. The largest absolute Gasteiger partial charge is 0.310 e. The second kappa shape index (κ2) is 8.20. The van der Waals surface area contributed by atoms with Crippen LogP contribution >= 0.6 is 0 Å². The molecule has 0 aliphatic carbocycles. The van der Waals surface area contributed by atoms with Crippen molar-refractivity contribution in [3.63, 3.8) is 0 Å². The third-order valence-corrected chi connectivity index (χ3v) is 3.25. The van der Waals surface area contributed by atoms with Gasteiger partial charge in [-0.05, 0) is 18.9 Å². The summed E-state index contributed by atoms with van der Waals surface area (Å²) in [6, 6.07) is 4.17. The number of benzene rings is 1. The number of nitrogens with one attached hydrogen (secondary N) is 1. The van der Waals surface area contributed by atoms with Gasteiger partial charge in [-0.3, -0.25) is 0 Å². The molecule has 1 aromatic rings. The van der Waals surface area contributed by atoms with Gasteiger partial charge in [0.1, 0.15) is 11.6 Å². The van der Waals surface area contributed by atoms with Crippen molar-refractivity contribution in [2.45, 2.75) is 58.5 Å². The van der Waals surface area contributed by atoms with E-state index < -0.39 is 11.6 Å². The van der Waals surface area contributed by atoms with Crippen LogP contribution in [-0.2, 0) is 6.54 Å². The fraction of sp³-hybridized carbons (Fsp3) is 0.600. The molecule has 1 N–H and O–H groups in total. The van der Waals surface area contributed by atoms with Crippen LogP contribution in [0.2, 0.25) is 0 Å². The van der Waals surface area contributed by atoms with Crippen molar-refractivity contribution in [3.8, 4) is 0 Å². The van der Waals surface area contributed by atoms with Crippen LogP contribution in [0.15, 0.2) is 18.2 Å². The van der Waals surface area contributed by atoms with Crippen LogP contribution in [0, 0.1) is 11.6 Å². The van der Waals surface area contributed by atoms with Crippen molar-refractivity contribution in [1.29, 1.82) is 0 Å². The van der Waals surface area contributed by atoms with E-state index in [1.54, 1.807) is 0 Å². The van der Waals surface area contributed by atoms with Gasteiger partial charge >= 0.3 is 0 Å². The van der Waals surface area contributed by atoms with Gasteiger partial charge < -0.3 is 5.32 Å². The summed E-state index contributed by atoms with van der Waals surface area (Å²) < 4.78 is 26.2. The van der Waals surface area contributed by atoms with Gasteiger partial charge in [0.25, 0.3) is 0 Å². The van der Waals surface area contributed by atoms with E-state index in [2.05, 4.69) is 19.2 Å². The molecule has 1 aromatic carbocycles. The Labute approximate surface area is 109 Å². The van der Waals surface area contributed by atoms with Crippen molar-refractivity contribution in [1.82, 2.24) is 5.32 Å². The zero-order valence-corrected chi connectivity index (χ0v) is 11.3. The third-order valence-electron chi connectivity index (χ3n) is 3.25. The van der Waals surface area contributed by atoms with Crippen molar-refractivity contribution in [3.05, 3.63) is 35.4 Å². The molecule has 0 aliphatic heterocycles. The second-order valence-electron chi connectivity index (χ2n) is 4.72. The predicted molar refractivity (Wildman–Crippen MR) is 71.4 cm³/mol. The highest BCUT2D eigenvalue weighted by atomic mass is 19.1. The summed E-state index contributed by atoms with van der Waals surface area (Å²) in [5.41, 5.74) is 0.533. The van der Waals surface area contributed by atoms with E-state index in [0.717, 1.165) is 18.9 Å². The van der Waals surface area contributed by atoms with Gasteiger partial charge in [0.05, 0.1) is 0 Å². The molecule has 1 atom stereocenters. The molecule has 0 spiro atoms. The lowest BCUT2D eigenvalue weighted by molar-refractivity contribution is 0.440. The Hall–Kier alpha value is -0.960. The fourth-order valence-corrected chi connectivity index (χ4v) is 2.01. The van der Waals surface area contributed by atoms with E-state index in [1.807, 2.05) is 0 Å². The average molecular weight is 255 g/mol. The lowest BCUT2D eigenvalue weighted by Crippen LogP contribution is -2.28. The first-order valence-corrected chi connectivity index (χ1v) is 6.84. The highest BCUT2D eigenvalue weighted by Gasteiger charge is 2.08. The number of rotatable bonds is 8. The van der Waals surface area contributed by atoms with Gasteiger partial charge in [-0.15, -0.1) is 0 Å². The van der Waals surface area contributed by atoms with Crippen molar-refractivity contribution in [2.75, 3.05) is 0 Å². The summed E-state index contributed by atoms with van der Waals surface area (Å²) in [4.78, 5) is 0. The minimum atomic E-state index is -0.522. The topological polar surface area (TPSA) is 12.0 Å². The van der Waals surface area contributed by atoms with Gasteiger partial charge in [0.2, 0.25) is 0 Å². The molecule has 102 valence electrons. The van der Waals surface area contributed by atoms with Crippen LogP contribution in [-0.4, -0.2) is 6.04 Å². The Morgan fingerprint density at radius 3 is 2.56 bits per heavy atom. The summed E-state index contributed by atoms with van der Waals surface area (Å²) in [6.45, 7) is 4.78. The van der Waals surface area contributed by atoms with E-state index in [1.165, 1.54) is 31.4 Å². The molecule has 0 radical (unpaired) electrons. The standard InChI is InChI=1S/C15H23F2N/c1-3-5-6-7-14(4-2)18-11-12-8-9-13(16)10-15(12)17/h8-10,14,18H,3-7,11H2,1-2H3. The lowest BCUT2D eigenvalue weighted by atomic mass is 10.1. The first kappa shape index (κ1) is 15.1. The van der Waals surface area contributed by atoms with Crippen LogP contribution in [0.5, 0.6) is 0 Å². The molecule has 0 aromatic heterocycles. The summed E-state index contributed by atoms with van der Waals surface area (Å²) in [5.74, 6) is -0.989. The lowest BCUT2D eigenvalue weighted by Gasteiger charge is -2.17. The summed E-state index contributed by atoms with van der Waals surface area (Å²) in [6.07, 6.45) is 5.81. The maximum atomic E-state index is 13.4. The van der Waals surface area contributed by atoms with Gasteiger partial charge in [-0.25, -0.2) is 8.78 Å². The van der Waals surface area contributed by atoms with Crippen LogP contribution < -0.4 is 5.32 Å². The molecule has 0 amide bonds. The molecular weight excluding hydrogens is 232 g/mol. The molecule has 0 aliphatic rings. The fourth-order valence-electron chi connectivity index (χ4n) is 2.01. The smallest absolute Gasteiger partial charge is 0.130 e. The SMILES string of the molecule is CCCCCC(CC)NCc1ccc(F)cc1F. The minimum Gasteiger partial charge on any atom is -0.310 e. The zero-order valence-electron chi connectivity index (χ0n) is 11.3. The Bertz CT molecular complexity index is 352. The molecule has 0 heterocycles. The Morgan fingerprint density at radius 1 is 1.17 bits per heavy atom. The van der Waals surface area contributed by atoms with E-state index in [4.69, 9.17) is 0 Å². The molecule has 1 unspecified atom stereocenters. The Kier molecular flexibility index (Phi) is 6.88. The van der Waals surface area contributed by atoms with Crippen molar-refractivity contribution < 1.29 is 8.78 Å². The molecule has 0 fully saturated rings. The number of hydrogen-bond acceptors (Lipinski definition) is 1. The quantitative estimate of drug-likeness (QED) is 0.678. The van der Waals surface area contributed by atoms with Gasteiger partial charge in [0.15, 0.2) is 0 Å². The molecule has 0 saturated heterocycles. The van der Waals surface area contributed by atoms with E-state index in [9.17, 15) is 8.78 Å². The van der Waals surface area contributed by atoms with Crippen LogP contribution in [0.25, 0.3) is 0 Å².